The van der Waals surface area contributed by atoms with Crippen LogP contribution in [0.25, 0.3) is 0 Å². The molecule has 2 atom stereocenters. The molecule has 0 unspecified atom stereocenters. The van der Waals surface area contributed by atoms with Gasteiger partial charge in [-0.3, -0.25) is 0 Å². The summed E-state index contributed by atoms with van der Waals surface area (Å²) in [6, 6.07) is 10.6. The van der Waals surface area contributed by atoms with Crippen molar-refractivity contribution in [2.45, 2.75) is 31.8 Å². The van der Waals surface area contributed by atoms with Crippen molar-refractivity contribution in [3.05, 3.63) is 35.9 Å². The molecule has 1 heteroatoms. The third-order valence-corrected chi connectivity index (χ3v) is 2.88. The van der Waals surface area contributed by atoms with E-state index in [0.29, 0.717) is 5.92 Å². The van der Waals surface area contributed by atoms with Crippen molar-refractivity contribution < 1.29 is 5.11 Å². The van der Waals surface area contributed by atoms with E-state index in [1.807, 2.05) is 6.07 Å². The Hall–Kier alpha value is -0.820. The Morgan fingerprint density at radius 1 is 1.15 bits per heavy atom. The zero-order valence-electron chi connectivity index (χ0n) is 7.82. The number of aliphatic hydroxyl groups excluding tert-OH is 1. The van der Waals surface area contributed by atoms with Gasteiger partial charge in [-0.15, -0.1) is 0 Å². The molecule has 1 N–H and O–H groups in total. The minimum Gasteiger partial charge on any atom is -0.393 e. The fraction of sp³-hybridized carbons (Fsp3) is 0.500. The zero-order chi connectivity index (χ0) is 9.10. The van der Waals surface area contributed by atoms with Gasteiger partial charge in [-0.1, -0.05) is 30.3 Å². The van der Waals surface area contributed by atoms with Crippen LogP contribution in [-0.4, -0.2) is 11.2 Å². The second-order valence-electron chi connectivity index (χ2n) is 4.02. The minimum atomic E-state index is -0.0336. The van der Waals surface area contributed by atoms with Crippen LogP contribution in [0.5, 0.6) is 0 Å². The molecule has 1 fully saturated rings. The van der Waals surface area contributed by atoms with Crippen molar-refractivity contribution in [2.75, 3.05) is 0 Å². The maximum Gasteiger partial charge on any atom is 0.0543 e. The summed E-state index contributed by atoms with van der Waals surface area (Å²) in [5.74, 6) is 0.706. The van der Waals surface area contributed by atoms with Gasteiger partial charge in [-0.25, -0.2) is 0 Å². The first-order valence-corrected chi connectivity index (χ1v) is 5.06. The van der Waals surface area contributed by atoms with Gasteiger partial charge < -0.3 is 5.11 Å². The van der Waals surface area contributed by atoms with E-state index >= 15 is 0 Å². The van der Waals surface area contributed by atoms with E-state index in [9.17, 15) is 5.11 Å². The van der Waals surface area contributed by atoms with Gasteiger partial charge in [0.25, 0.3) is 0 Å². The predicted molar refractivity (Wildman–Crippen MR) is 53.5 cm³/mol. The fourth-order valence-electron chi connectivity index (χ4n) is 2.18. The molecular weight excluding hydrogens is 160 g/mol. The van der Waals surface area contributed by atoms with Crippen LogP contribution in [0.15, 0.2) is 30.3 Å². The van der Waals surface area contributed by atoms with Crippen LogP contribution in [-0.2, 0) is 6.42 Å². The highest BCUT2D eigenvalue weighted by Gasteiger charge is 2.22. The van der Waals surface area contributed by atoms with Gasteiger partial charge in [0.15, 0.2) is 0 Å². The average Bonchev–Trinajstić information content (AvgIpc) is 2.53. The molecule has 0 aliphatic heterocycles. The van der Waals surface area contributed by atoms with Crippen LogP contribution in [0.1, 0.15) is 24.8 Å². The van der Waals surface area contributed by atoms with E-state index in [4.69, 9.17) is 0 Å². The molecule has 70 valence electrons. The van der Waals surface area contributed by atoms with E-state index in [-0.39, 0.29) is 6.10 Å². The second-order valence-corrected chi connectivity index (χ2v) is 4.02. The summed E-state index contributed by atoms with van der Waals surface area (Å²) in [4.78, 5) is 0. The first kappa shape index (κ1) is 8.76. The Bertz CT molecular complexity index is 255. The predicted octanol–water partition coefficient (Wildman–Crippen LogP) is 2.39. The summed E-state index contributed by atoms with van der Waals surface area (Å²) >= 11 is 0. The molecule has 0 bridgehead atoms. The highest BCUT2D eigenvalue weighted by Crippen LogP contribution is 2.28. The monoisotopic (exact) mass is 176 g/mol. The lowest BCUT2D eigenvalue weighted by atomic mass is 9.98. The van der Waals surface area contributed by atoms with Crippen LogP contribution in [0.4, 0.5) is 0 Å². The first-order valence-electron chi connectivity index (χ1n) is 5.06. The molecule has 1 saturated carbocycles. The summed E-state index contributed by atoms with van der Waals surface area (Å²) in [7, 11) is 0. The quantitative estimate of drug-likeness (QED) is 0.733. The number of rotatable bonds is 2. The lowest BCUT2D eigenvalue weighted by molar-refractivity contribution is 0.177. The van der Waals surface area contributed by atoms with E-state index in [2.05, 4.69) is 24.3 Å². The molecule has 0 aromatic heterocycles. The van der Waals surface area contributed by atoms with Crippen molar-refractivity contribution >= 4 is 0 Å². The van der Waals surface area contributed by atoms with Crippen LogP contribution in [0.2, 0.25) is 0 Å². The number of aliphatic hydroxyl groups is 1. The number of hydrogen-bond acceptors (Lipinski definition) is 1. The van der Waals surface area contributed by atoms with Crippen LogP contribution < -0.4 is 0 Å². The zero-order valence-corrected chi connectivity index (χ0v) is 7.82. The molecule has 0 spiro atoms. The molecule has 1 aliphatic carbocycles. The van der Waals surface area contributed by atoms with Gasteiger partial charge in [0.1, 0.15) is 0 Å². The summed E-state index contributed by atoms with van der Waals surface area (Å²) in [6.45, 7) is 0. The fourth-order valence-corrected chi connectivity index (χ4v) is 2.18. The molecule has 1 aliphatic rings. The molecule has 2 rings (SSSR count). The van der Waals surface area contributed by atoms with E-state index < -0.39 is 0 Å². The maximum atomic E-state index is 9.38. The lowest BCUT2D eigenvalue weighted by Gasteiger charge is -2.08. The largest absolute Gasteiger partial charge is 0.393 e. The summed E-state index contributed by atoms with van der Waals surface area (Å²) < 4.78 is 0. The lowest BCUT2D eigenvalue weighted by Crippen LogP contribution is -2.02. The van der Waals surface area contributed by atoms with Crippen molar-refractivity contribution in [2.24, 2.45) is 5.92 Å². The normalized spacial score (nSPS) is 27.8. The van der Waals surface area contributed by atoms with Gasteiger partial charge in [0.05, 0.1) is 6.10 Å². The molecule has 0 radical (unpaired) electrons. The Balaban J connectivity index is 1.92. The highest BCUT2D eigenvalue weighted by atomic mass is 16.3. The molecular formula is C12H16O. The third kappa shape index (κ3) is 2.31. The van der Waals surface area contributed by atoms with Gasteiger partial charge in [0.2, 0.25) is 0 Å². The van der Waals surface area contributed by atoms with Crippen molar-refractivity contribution in [3.63, 3.8) is 0 Å². The Labute approximate surface area is 79.4 Å². The Kier molecular flexibility index (Phi) is 2.65. The molecule has 13 heavy (non-hydrogen) atoms. The van der Waals surface area contributed by atoms with Crippen molar-refractivity contribution in [1.82, 2.24) is 0 Å². The van der Waals surface area contributed by atoms with Crippen molar-refractivity contribution in [3.8, 4) is 0 Å². The van der Waals surface area contributed by atoms with E-state index in [1.165, 1.54) is 12.0 Å². The Morgan fingerprint density at radius 2 is 1.92 bits per heavy atom. The van der Waals surface area contributed by atoms with E-state index in [0.717, 1.165) is 19.3 Å². The van der Waals surface area contributed by atoms with Gasteiger partial charge in [-0.05, 0) is 37.2 Å². The smallest absolute Gasteiger partial charge is 0.0543 e. The van der Waals surface area contributed by atoms with Crippen LogP contribution in [0.3, 0.4) is 0 Å². The second kappa shape index (κ2) is 3.93. The van der Waals surface area contributed by atoms with Crippen LogP contribution >= 0.6 is 0 Å². The van der Waals surface area contributed by atoms with Gasteiger partial charge in [0, 0.05) is 0 Å². The van der Waals surface area contributed by atoms with Gasteiger partial charge >= 0.3 is 0 Å². The summed E-state index contributed by atoms with van der Waals surface area (Å²) in [6.07, 6.45) is 4.29. The molecule has 1 aromatic rings. The summed E-state index contributed by atoms with van der Waals surface area (Å²) in [5.41, 5.74) is 1.40. The average molecular weight is 176 g/mol. The molecule has 1 nitrogen and oxygen atoms in total. The van der Waals surface area contributed by atoms with Crippen molar-refractivity contribution in [1.29, 1.82) is 0 Å². The summed E-state index contributed by atoms with van der Waals surface area (Å²) in [5, 5.41) is 9.38. The Morgan fingerprint density at radius 3 is 2.54 bits per heavy atom. The topological polar surface area (TPSA) is 20.2 Å². The molecule has 0 saturated heterocycles. The van der Waals surface area contributed by atoms with Gasteiger partial charge in [-0.2, -0.15) is 0 Å². The number of hydrogen-bond donors (Lipinski definition) is 1. The number of benzene rings is 1. The molecule has 0 amide bonds. The van der Waals surface area contributed by atoms with E-state index in [1.54, 1.807) is 0 Å². The highest BCUT2D eigenvalue weighted by molar-refractivity contribution is 5.15. The standard InChI is InChI=1S/C12H16O/c13-12-7-6-11(9-12)8-10-4-2-1-3-5-10/h1-5,11-13H,6-9H2/t11-,12-/m1/s1. The SMILES string of the molecule is O[C@@H]1CC[C@H](Cc2ccccc2)C1. The third-order valence-electron chi connectivity index (χ3n) is 2.88. The first-order chi connectivity index (χ1) is 6.34. The minimum absolute atomic E-state index is 0.0336. The maximum absolute atomic E-state index is 9.38. The molecule has 0 heterocycles. The van der Waals surface area contributed by atoms with Crippen LogP contribution in [0, 0.1) is 5.92 Å². The molecule has 1 aromatic carbocycles.